The average Bonchev–Trinajstić information content (AvgIpc) is 3.20. The molecular formula is C21H21N3O4S. The highest BCUT2D eigenvalue weighted by atomic mass is 32.2. The number of sulfonamides is 1. The van der Waals surface area contributed by atoms with Gasteiger partial charge in [0.2, 0.25) is 10.0 Å². The van der Waals surface area contributed by atoms with Gasteiger partial charge in [-0.25, -0.2) is 13.8 Å². The van der Waals surface area contributed by atoms with Crippen LogP contribution in [0.4, 0.5) is 5.69 Å². The van der Waals surface area contributed by atoms with Gasteiger partial charge >= 0.3 is 0 Å². The molecule has 0 spiro atoms. The summed E-state index contributed by atoms with van der Waals surface area (Å²) >= 11 is 0. The van der Waals surface area contributed by atoms with Crippen LogP contribution >= 0.6 is 0 Å². The molecule has 0 aliphatic rings. The van der Waals surface area contributed by atoms with Crippen molar-refractivity contribution in [3.63, 3.8) is 0 Å². The standard InChI is InChI=1S/C21H21N3O4S/c1-16-6-3-4-7-18(16)15-24(29(2,26)27)19-11-9-17(10-12-19)21(25)23-22-14-20-8-5-13-28-20/h3-14H,15H2,1-2H3,(H,23,25)/b22-14-. The van der Waals surface area contributed by atoms with Gasteiger partial charge in [-0.05, 0) is 54.4 Å². The van der Waals surface area contributed by atoms with Gasteiger partial charge in [0.25, 0.3) is 5.91 Å². The summed E-state index contributed by atoms with van der Waals surface area (Å²) in [4.78, 5) is 12.2. The summed E-state index contributed by atoms with van der Waals surface area (Å²) in [6.45, 7) is 2.15. The molecule has 0 saturated heterocycles. The number of hydrazone groups is 1. The number of amides is 1. The summed E-state index contributed by atoms with van der Waals surface area (Å²) in [5.41, 5.74) is 5.15. The minimum absolute atomic E-state index is 0.213. The van der Waals surface area contributed by atoms with Gasteiger partial charge in [0.05, 0.1) is 31.0 Å². The molecule has 3 aromatic rings. The molecule has 8 heteroatoms. The van der Waals surface area contributed by atoms with Crippen LogP contribution in [0.15, 0.2) is 76.4 Å². The van der Waals surface area contributed by atoms with Gasteiger partial charge in [-0.2, -0.15) is 5.10 Å². The van der Waals surface area contributed by atoms with Crippen molar-refractivity contribution in [1.29, 1.82) is 0 Å². The molecule has 0 aliphatic heterocycles. The average molecular weight is 411 g/mol. The van der Waals surface area contributed by atoms with Gasteiger partial charge in [0.1, 0.15) is 5.76 Å². The lowest BCUT2D eigenvalue weighted by Crippen LogP contribution is -2.29. The molecule has 0 bridgehead atoms. The second kappa shape index (κ2) is 8.74. The van der Waals surface area contributed by atoms with E-state index in [2.05, 4.69) is 10.5 Å². The maximum atomic E-state index is 12.3. The second-order valence-electron chi connectivity index (χ2n) is 6.46. The number of carbonyl (C=O) groups is 1. The normalized spacial score (nSPS) is 11.5. The lowest BCUT2D eigenvalue weighted by atomic mass is 10.1. The maximum Gasteiger partial charge on any atom is 0.271 e. The van der Waals surface area contributed by atoms with Gasteiger partial charge in [0, 0.05) is 5.56 Å². The minimum atomic E-state index is -3.51. The lowest BCUT2D eigenvalue weighted by molar-refractivity contribution is 0.0955. The van der Waals surface area contributed by atoms with Crippen LogP contribution in [-0.4, -0.2) is 26.8 Å². The second-order valence-corrected chi connectivity index (χ2v) is 8.36. The molecule has 0 atom stereocenters. The van der Waals surface area contributed by atoms with Crippen LogP contribution in [0.5, 0.6) is 0 Å². The van der Waals surface area contributed by atoms with Crippen LogP contribution in [0.2, 0.25) is 0 Å². The molecule has 3 rings (SSSR count). The van der Waals surface area contributed by atoms with E-state index in [0.717, 1.165) is 17.4 Å². The zero-order chi connectivity index (χ0) is 20.9. The molecule has 0 fully saturated rings. The number of hydrogen-bond donors (Lipinski definition) is 1. The molecule has 1 amide bonds. The van der Waals surface area contributed by atoms with Gasteiger partial charge in [0.15, 0.2) is 0 Å². The molecule has 0 unspecified atom stereocenters. The molecule has 1 heterocycles. The third-order valence-corrected chi connectivity index (χ3v) is 5.43. The van der Waals surface area contributed by atoms with Crippen LogP contribution in [0, 0.1) is 6.92 Å². The fraction of sp³-hybridized carbons (Fsp3) is 0.143. The topological polar surface area (TPSA) is 92.0 Å². The molecule has 2 aromatic carbocycles. The molecule has 1 aromatic heterocycles. The lowest BCUT2D eigenvalue weighted by Gasteiger charge is -2.23. The van der Waals surface area contributed by atoms with Gasteiger partial charge in [-0.15, -0.1) is 0 Å². The smallest absolute Gasteiger partial charge is 0.271 e. The SMILES string of the molecule is Cc1ccccc1CN(c1ccc(C(=O)N/N=C\c2ccco2)cc1)S(C)(=O)=O. The third kappa shape index (κ3) is 5.32. The number of nitrogens with zero attached hydrogens (tertiary/aromatic N) is 2. The van der Waals surface area contributed by atoms with E-state index in [4.69, 9.17) is 4.42 Å². The maximum absolute atomic E-state index is 12.3. The van der Waals surface area contributed by atoms with Gasteiger partial charge < -0.3 is 4.42 Å². The summed E-state index contributed by atoms with van der Waals surface area (Å²) in [5.74, 6) is 0.102. The van der Waals surface area contributed by atoms with E-state index in [9.17, 15) is 13.2 Å². The predicted octanol–water partition coefficient (Wildman–Crippen LogP) is 3.32. The van der Waals surface area contributed by atoms with E-state index in [1.54, 1.807) is 36.4 Å². The number of anilines is 1. The van der Waals surface area contributed by atoms with Crippen LogP contribution in [0.25, 0.3) is 0 Å². The first kappa shape index (κ1) is 20.3. The molecule has 0 radical (unpaired) electrons. The minimum Gasteiger partial charge on any atom is -0.463 e. The van der Waals surface area contributed by atoms with Crippen molar-refractivity contribution >= 4 is 27.8 Å². The Balaban J connectivity index is 1.75. The van der Waals surface area contributed by atoms with E-state index in [-0.39, 0.29) is 6.54 Å². The fourth-order valence-corrected chi connectivity index (χ4v) is 3.58. The quantitative estimate of drug-likeness (QED) is 0.477. The first-order chi connectivity index (χ1) is 13.8. The molecular weight excluding hydrogens is 390 g/mol. The van der Waals surface area contributed by atoms with Gasteiger partial charge in [-0.3, -0.25) is 9.10 Å². The highest BCUT2D eigenvalue weighted by Crippen LogP contribution is 2.22. The first-order valence-electron chi connectivity index (χ1n) is 8.84. The Bertz CT molecular complexity index is 1110. The number of nitrogens with one attached hydrogen (secondary N) is 1. The number of rotatable bonds is 7. The van der Waals surface area contributed by atoms with Gasteiger partial charge in [-0.1, -0.05) is 24.3 Å². The van der Waals surface area contributed by atoms with Crippen LogP contribution in [0.3, 0.4) is 0 Å². The van der Waals surface area contributed by atoms with Crippen molar-refractivity contribution in [3.8, 4) is 0 Å². The number of carbonyl (C=O) groups excluding carboxylic acids is 1. The van der Waals surface area contributed by atoms with E-state index in [0.29, 0.717) is 17.0 Å². The van der Waals surface area contributed by atoms with Crippen LogP contribution in [-0.2, 0) is 16.6 Å². The van der Waals surface area contributed by atoms with Crippen molar-refractivity contribution in [2.75, 3.05) is 10.6 Å². The monoisotopic (exact) mass is 411 g/mol. The first-order valence-corrected chi connectivity index (χ1v) is 10.7. The number of hydrogen-bond acceptors (Lipinski definition) is 5. The number of benzene rings is 2. The van der Waals surface area contributed by atoms with Crippen LogP contribution in [0.1, 0.15) is 27.2 Å². The molecule has 0 saturated carbocycles. The highest BCUT2D eigenvalue weighted by Gasteiger charge is 2.19. The van der Waals surface area contributed by atoms with Crippen LogP contribution < -0.4 is 9.73 Å². The van der Waals surface area contributed by atoms with Crippen molar-refractivity contribution in [2.45, 2.75) is 13.5 Å². The summed E-state index contributed by atoms with van der Waals surface area (Å²) < 4.78 is 31.1. The highest BCUT2D eigenvalue weighted by molar-refractivity contribution is 7.92. The largest absolute Gasteiger partial charge is 0.463 e. The van der Waals surface area contributed by atoms with Crippen molar-refractivity contribution in [1.82, 2.24) is 5.43 Å². The Morgan fingerprint density at radius 1 is 1.10 bits per heavy atom. The predicted molar refractivity (Wildman–Crippen MR) is 112 cm³/mol. The Labute approximate surface area is 169 Å². The summed E-state index contributed by atoms with van der Waals surface area (Å²) in [7, 11) is -3.51. The summed E-state index contributed by atoms with van der Waals surface area (Å²) in [5, 5.41) is 3.83. The molecule has 0 aliphatic carbocycles. The Kier molecular flexibility index (Phi) is 6.13. The third-order valence-electron chi connectivity index (χ3n) is 4.29. The van der Waals surface area contributed by atoms with Crippen molar-refractivity contribution < 1.29 is 17.6 Å². The molecule has 150 valence electrons. The van der Waals surface area contributed by atoms with E-state index in [1.807, 2.05) is 31.2 Å². The van der Waals surface area contributed by atoms with Crippen molar-refractivity contribution in [3.05, 3.63) is 89.4 Å². The van der Waals surface area contributed by atoms with E-state index in [1.165, 1.54) is 16.8 Å². The zero-order valence-electron chi connectivity index (χ0n) is 16.1. The van der Waals surface area contributed by atoms with Crippen molar-refractivity contribution in [2.24, 2.45) is 5.10 Å². The molecule has 29 heavy (non-hydrogen) atoms. The number of aryl methyl sites for hydroxylation is 1. The summed E-state index contributed by atoms with van der Waals surface area (Å²) in [6.07, 6.45) is 4.06. The Morgan fingerprint density at radius 3 is 2.45 bits per heavy atom. The fourth-order valence-electron chi connectivity index (χ4n) is 2.71. The summed E-state index contributed by atoms with van der Waals surface area (Å²) in [6, 6.07) is 17.4. The molecule has 7 nitrogen and oxygen atoms in total. The number of furan rings is 1. The zero-order valence-corrected chi connectivity index (χ0v) is 16.9. The van der Waals surface area contributed by atoms with E-state index >= 15 is 0 Å². The Hall–Kier alpha value is -3.39. The Morgan fingerprint density at radius 2 is 1.83 bits per heavy atom. The molecule has 1 N–H and O–H groups in total. The van der Waals surface area contributed by atoms with E-state index < -0.39 is 15.9 Å².